The maximum absolute atomic E-state index is 14.1. The third-order valence-corrected chi connectivity index (χ3v) is 13.8. The minimum Gasteiger partial charge on any atom is -0.481 e. The molecular formula is C55H79N13O35. The first-order valence-electron chi connectivity index (χ1n) is 30.3. The van der Waals surface area contributed by atoms with Crippen molar-refractivity contribution in [2.45, 2.75) is 194 Å². The van der Waals surface area contributed by atoms with Gasteiger partial charge in [-0.2, -0.15) is 0 Å². The number of carboxylic acids is 11. The Hall–Kier alpha value is -12.3. The van der Waals surface area contributed by atoms with Crippen molar-refractivity contribution in [1.82, 2.24) is 58.5 Å². The largest absolute Gasteiger partial charge is 0.481 e. The van der Waals surface area contributed by atoms with Gasteiger partial charge in [-0.15, -0.1) is 0 Å². The lowest BCUT2D eigenvalue weighted by atomic mass is 10.0. The monoisotopic (exact) mass is 1480 g/mol. The highest BCUT2D eigenvalue weighted by atomic mass is 16.4. The van der Waals surface area contributed by atoms with Crippen LogP contribution in [0.4, 0.5) is 0 Å². The van der Waals surface area contributed by atoms with E-state index in [9.17, 15) is 161 Å². The molecule has 27 N–H and O–H groups in total. The minimum absolute atomic E-state index is 0.462. The highest BCUT2D eigenvalue weighted by Crippen LogP contribution is 2.12. The Morgan fingerprint density at radius 3 is 0.602 bits per heavy atom. The fourth-order valence-electron chi connectivity index (χ4n) is 8.52. The average Bonchev–Trinajstić information content (AvgIpc) is 0.862. The van der Waals surface area contributed by atoms with E-state index < -0.39 is 338 Å². The zero-order valence-corrected chi connectivity index (χ0v) is 54.0. The van der Waals surface area contributed by atoms with E-state index in [1.807, 2.05) is 53.2 Å². The number of nitrogens with two attached hydrogens (primary N) is 2. The molecule has 103 heavy (non-hydrogen) atoms. The molecule has 0 aromatic heterocycles. The summed E-state index contributed by atoms with van der Waals surface area (Å²) in [4.78, 5) is 290. The smallest absolute Gasteiger partial charge is 0.326 e. The molecule has 0 fully saturated rings. The maximum Gasteiger partial charge on any atom is 0.326 e. The van der Waals surface area contributed by atoms with E-state index in [-0.39, 0.29) is 0 Å². The van der Waals surface area contributed by atoms with Crippen molar-refractivity contribution in [2.24, 2.45) is 11.5 Å². The first kappa shape index (κ1) is 90.7. The van der Waals surface area contributed by atoms with Gasteiger partial charge in [0.2, 0.25) is 70.9 Å². The molecule has 0 rings (SSSR count). The summed E-state index contributed by atoms with van der Waals surface area (Å²) < 4.78 is 0. The first-order chi connectivity index (χ1) is 47.9. The number of nitrogens with one attached hydrogen (secondary N) is 11. The van der Waals surface area contributed by atoms with Crippen LogP contribution < -0.4 is 70.0 Å². The van der Waals surface area contributed by atoms with Gasteiger partial charge in [-0.3, -0.25) is 105 Å². The standard InChI is InChI=1S/C55H79N13O35/c56-21(1-10-34(71)72)44(91)68-32(20-69)54(101)64-26(6-14-38(79)80)48(95)60-24(4-12-36(75)76)46(93)58-23(3-11-35(73)74)45(92)59-25(5-13-37(77)78)47(94)61-27(7-15-39(81)82)50(97)66-29(17-41(85)86)52(99)62-22(2-9-33(57)70)49(96)65-30(18-42(87)88)53(100)63-28(8-16-40(83)84)51(98)67-31(55(102)103)19-43(89)90/h21-32,69H,1-20,56H2,(H2,57,70)(H,58,93)(H,59,92)(H,60,95)(H,61,94)(H,62,99)(H,63,100)(H,64,101)(H,65,96)(H,66,97)(H,67,98)(H,68,91)(H,71,72)(H,73,74)(H,75,76)(H,77,78)(H,79,80)(H,81,82)(H,83,84)(H,85,86)(H,87,88)(H,89,90)(H,102,103)/t21-,22-,23-,24-,25-,26-,27-,28-,29-,30-,31-,32-/m0/s1. The van der Waals surface area contributed by atoms with Crippen LogP contribution in [-0.4, -0.2) is 277 Å². The van der Waals surface area contributed by atoms with E-state index in [1.54, 1.807) is 5.32 Å². The second-order valence-electron chi connectivity index (χ2n) is 22.1. The average molecular weight is 1480 g/mol. The number of carbonyl (C=O) groups excluding carboxylic acids is 12. The molecule has 12 atom stereocenters. The number of hydrogen-bond donors (Lipinski definition) is 25. The molecule has 12 amide bonds. The van der Waals surface area contributed by atoms with Gasteiger partial charge in [0.05, 0.1) is 31.9 Å². The molecule has 48 heteroatoms. The van der Waals surface area contributed by atoms with Gasteiger partial charge in [-0.05, 0) is 51.4 Å². The normalized spacial score (nSPS) is 14.2. The van der Waals surface area contributed by atoms with Gasteiger partial charge in [-0.1, -0.05) is 0 Å². The van der Waals surface area contributed by atoms with Crippen LogP contribution in [0.1, 0.15) is 122 Å². The third-order valence-electron chi connectivity index (χ3n) is 13.8. The minimum atomic E-state index is -2.46. The Morgan fingerprint density at radius 1 is 0.223 bits per heavy atom. The quantitative estimate of drug-likeness (QED) is 0.0269. The highest BCUT2D eigenvalue weighted by Gasteiger charge is 2.39. The Balaban J connectivity index is 7.35. The summed E-state index contributed by atoms with van der Waals surface area (Å²) in [5, 5.41) is 135. The lowest BCUT2D eigenvalue weighted by molar-refractivity contribution is -0.147. The lowest BCUT2D eigenvalue weighted by Crippen LogP contribution is -2.61. The van der Waals surface area contributed by atoms with Gasteiger partial charge in [0, 0.05) is 51.4 Å². The van der Waals surface area contributed by atoms with E-state index >= 15 is 0 Å². The predicted molar refractivity (Wildman–Crippen MR) is 327 cm³/mol. The Labute approximate surface area is 577 Å². The van der Waals surface area contributed by atoms with Crippen LogP contribution in [0.5, 0.6) is 0 Å². The number of carbonyl (C=O) groups is 23. The Morgan fingerprint density at radius 2 is 0.398 bits per heavy atom. The number of aliphatic hydroxyl groups excluding tert-OH is 1. The van der Waals surface area contributed by atoms with Gasteiger partial charge in [0.25, 0.3) is 0 Å². The van der Waals surface area contributed by atoms with Crippen LogP contribution in [0.15, 0.2) is 0 Å². The molecule has 0 aliphatic carbocycles. The van der Waals surface area contributed by atoms with Gasteiger partial charge in [0.15, 0.2) is 0 Å². The van der Waals surface area contributed by atoms with E-state index in [2.05, 4.69) is 0 Å². The Kier molecular flexibility index (Phi) is 40.6. The fourth-order valence-corrected chi connectivity index (χ4v) is 8.52. The van der Waals surface area contributed by atoms with E-state index in [1.165, 1.54) is 0 Å². The molecule has 0 aromatic rings. The number of carboxylic acid groups (broad SMARTS) is 11. The predicted octanol–water partition coefficient (Wildman–Crippen LogP) is -10.5. The summed E-state index contributed by atoms with van der Waals surface area (Å²) in [6.07, 6.45) is -18.8. The van der Waals surface area contributed by atoms with Gasteiger partial charge < -0.3 is 131 Å². The molecule has 48 nitrogen and oxygen atoms in total. The topological polar surface area (TPSA) is 820 Å². The summed E-state index contributed by atoms with van der Waals surface area (Å²) in [7, 11) is 0. The molecule has 0 aliphatic heterocycles. The molecule has 0 radical (unpaired) electrons. The molecule has 0 unspecified atom stereocenters. The zero-order chi connectivity index (χ0) is 79.1. The third kappa shape index (κ3) is 38.6. The highest BCUT2D eigenvalue weighted by molar-refractivity contribution is 6.01. The molecule has 0 heterocycles. The number of aliphatic carboxylic acids is 11. The van der Waals surface area contributed by atoms with E-state index in [0.717, 1.165) is 0 Å². The maximum atomic E-state index is 14.1. The number of rotatable bonds is 54. The van der Waals surface area contributed by atoms with Crippen LogP contribution in [-0.2, 0) is 110 Å². The van der Waals surface area contributed by atoms with Crippen molar-refractivity contribution in [3.8, 4) is 0 Å². The van der Waals surface area contributed by atoms with E-state index in [0.29, 0.717) is 0 Å². The second-order valence-corrected chi connectivity index (χ2v) is 22.1. The summed E-state index contributed by atoms with van der Waals surface area (Å²) >= 11 is 0. The molecule has 0 aromatic carbocycles. The van der Waals surface area contributed by atoms with Crippen LogP contribution >= 0.6 is 0 Å². The fraction of sp³-hybridized carbons (Fsp3) is 0.582. The van der Waals surface area contributed by atoms with Crippen molar-refractivity contribution in [3.05, 3.63) is 0 Å². The molecule has 0 aliphatic rings. The van der Waals surface area contributed by atoms with Gasteiger partial charge in [-0.25, -0.2) is 4.79 Å². The summed E-state index contributed by atoms with van der Waals surface area (Å²) in [6, 6.07) is -25.8. The van der Waals surface area contributed by atoms with Gasteiger partial charge in [0.1, 0.15) is 66.5 Å². The summed E-state index contributed by atoms with van der Waals surface area (Å²) in [6.45, 7) is -1.22. The number of aliphatic hydroxyl groups is 1. The van der Waals surface area contributed by atoms with Crippen LogP contribution in [0.25, 0.3) is 0 Å². The lowest BCUT2D eigenvalue weighted by Gasteiger charge is -2.28. The first-order valence-corrected chi connectivity index (χ1v) is 30.3. The second kappa shape index (κ2) is 46.1. The van der Waals surface area contributed by atoms with Gasteiger partial charge >= 0.3 is 65.7 Å². The number of amides is 12. The molecule has 0 saturated carbocycles. The van der Waals surface area contributed by atoms with Crippen molar-refractivity contribution >= 4 is 137 Å². The molecular weight excluding hydrogens is 1400 g/mol. The Bertz CT molecular complexity index is 3200. The summed E-state index contributed by atoms with van der Waals surface area (Å²) in [5.74, 6) is -37.1. The van der Waals surface area contributed by atoms with E-state index in [4.69, 9.17) is 21.7 Å². The summed E-state index contributed by atoms with van der Waals surface area (Å²) in [5.41, 5.74) is 10.8. The van der Waals surface area contributed by atoms with Crippen molar-refractivity contribution in [1.29, 1.82) is 0 Å². The SMILES string of the molecule is NC(=O)CC[C@H](NC(=O)[C@H](CC(=O)O)NC(=O)[C@H](CCC(=O)O)NC(=O)[C@H](CCC(=O)O)NC(=O)[C@H](CCC(=O)O)NC(=O)[C@H](CCC(=O)O)NC(=O)[C@H](CCC(=O)O)NC(=O)[C@H](CO)NC(=O)[C@@H](N)CCC(=O)O)C(=O)N[C@@H](CC(=O)O)C(=O)N[C@@H](CCC(=O)O)C(=O)N[C@@H](CC(=O)O)C(=O)O. The number of hydrogen-bond acceptors (Lipinski definition) is 25. The molecule has 0 spiro atoms. The molecule has 574 valence electrons. The zero-order valence-electron chi connectivity index (χ0n) is 54.0. The van der Waals surface area contributed by atoms with Crippen LogP contribution in [0.2, 0.25) is 0 Å². The van der Waals surface area contributed by atoms with Crippen molar-refractivity contribution < 1.29 is 172 Å². The van der Waals surface area contributed by atoms with Crippen LogP contribution in [0, 0.1) is 0 Å². The number of primary amides is 1. The van der Waals surface area contributed by atoms with Crippen molar-refractivity contribution in [2.75, 3.05) is 6.61 Å². The van der Waals surface area contributed by atoms with Crippen LogP contribution in [0.3, 0.4) is 0 Å². The molecule has 0 saturated heterocycles. The molecule has 0 bridgehead atoms. The van der Waals surface area contributed by atoms with Crippen molar-refractivity contribution in [3.63, 3.8) is 0 Å².